The summed E-state index contributed by atoms with van der Waals surface area (Å²) in [5.74, 6) is -0.924. The second-order valence-corrected chi connectivity index (χ2v) is 4.54. The van der Waals surface area contributed by atoms with Crippen molar-refractivity contribution in [2.24, 2.45) is 11.8 Å². The highest BCUT2D eigenvalue weighted by Gasteiger charge is 2.45. The summed E-state index contributed by atoms with van der Waals surface area (Å²) in [5.41, 5.74) is -0.327. The fourth-order valence-corrected chi connectivity index (χ4v) is 2.34. The standard InChI is InChI=1S/C10H19NO3/c1-10(2)8(9(13)14)7(6-11-10)4-3-5-12/h7-8,11-12H,3-6H2,1-2H3,(H,13,14)/t7?,8-/m1/s1. The number of aliphatic hydroxyl groups is 1. The van der Waals surface area contributed by atoms with Crippen molar-refractivity contribution >= 4 is 5.97 Å². The zero-order valence-corrected chi connectivity index (χ0v) is 8.79. The minimum Gasteiger partial charge on any atom is -0.481 e. The zero-order chi connectivity index (χ0) is 10.8. The Labute approximate surface area is 84.3 Å². The number of carboxylic acids is 1. The van der Waals surface area contributed by atoms with Crippen molar-refractivity contribution in [1.82, 2.24) is 5.32 Å². The smallest absolute Gasteiger partial charge is 0.308 e. The van der Waals surface area contributed by atoms with Gasteiger partial charge in [0.05, 0.1) is 5.92 Å². The van der Waals surface area contributed by atoms with E-state index in [1.54, 1.807) is 0 Å². The van der Waals surface area contributed by atoms with Crippen LogP contribution in [0.5, 0.6) is 0 Å². The molecule has 0 aromatic carbocycles. The molecule has 1 aliphatic rings. The van der Waals surface area contributed by atoms with Gasteiger partial charge in [0.25, 0.3) is 0 Å². The number of carboxylic acid groups (broad SMARTS) is 1. The highest BCUT2D eigenvalue weighted by Crippen LogP contribution is 2.33. The van der Waals surface area contributed by atoms with Gasteiger partial charge in [-0.25, -0.2) is 0 Å². The van der Waals surface area contributed by atoms with E-state index in [-0.39, 0.29) is 24.0 Å². The molecule has 0 spiro atoms. The molecule has 0 amide bonds. The molecule has 1 aliphatic heterocycles. The lowest BCUT2D eigenvalue weighted by Crippen LogP contribution is -2.42. The number of hydrogen-bond acceptors (Lipinski definition) is 3. The maximum atomic E-state index is 11.1. The Morgan fingerprint density at radius 2 is 2.21 bits per heavy atom. The molecule has 1 fully saturated rings. The van der Waals surface area contributed by atoms with E-state index in [0.717, 1.165) is 13.0 Å². The molecule has 3 N–H and O–H groups in total. The summed E-state index contributed by atoms with van der Waals surface area (Å²) in [6, 6.07) is 0. The average Bonchev–Trinajstić information content (AvgIpc) is 2.37. The van der Waals surface area contributed by atoms with Gasteiger partial charge in [0.1, 0.15) is 0 Å². The van der Waals surface area contributed by atoms with Gasteiger partial charge in [-0.15, -0.1) is 0 Å². The molecule has 1 rings (SSSR count). The predicted molar refractivity (Wildman–Crippen MR) is 53.0 cm³/mol. The van der Waals surface area contributed by atoms with Crippen molar-refractivity contribution in [3.05, 3.63) is 0 Å². The topological polar surface area (TPSA) is 69.6 Å². The third kappa shape index (κ3) is 2.25. The van der Waals surface area contributed by atoms with Crippen LogP contribution in [-0.2, 0) is 4.79 Å². The van der Waals surface area contributed by atoms with E-state index in [0.29, 0.717) is 6.42 Å². The number of carbonyl (C=O) groups is 1. The van der Waals surface area contributed by atoms with Crippen LogP contribution >= 0.6 is 0 Å². The Morgan fingerprint density at radius 1 is 1.57 bits per heavy atom. The molecule has 4 nitrogen and oxygen atoms in total. The van der Waals surface area contributed by atoms with Gasteiger partial charge < -0.3 is 15.5 Å². The molecular weight excluding hydrogens is 182 g/mol. The van der Waals surface area contributed by atoms with E-state index in [4.69, 9.17) is 10.2 Å². The molecule has 0 saturated carbocycles. The number of hydrogen-bond donors (Lipinski definition) is 3. The number of aliphatic carboxylic acids is 1. The Bertz CT molecular complexity index is 215. The molecule has 82 valence electrons. The Morgan fingerprint density at radius 3 is 2.71 bits per heavy atom. The van der Waals surface area contributed by atoms with Gasteiger partial charge in [0.2, 0.25) is 0 Å². The fourth-order valence-electron chi connectivity index (χ4n) is 2.34. The van der Waals surface area contributed by atoms with Gasteiger partial charge in [0.15, 0.2) is 0 Å². The molecule has 0 aliphatic carbocycles. The Hall–Kier alpha value is -0.610. The van der Waals surface area contributed by atoms with E-state index in [1.807, 2.05) is 13.8 Å². The molecule has 1 unspecified atom stereocenters. The zero-order valence-electron chi connectivity index (χ0n) is 8.79. The molecule has 0 bridgehead atoms. The minimum atomic E-state index is -0.733. The van der Waals surface area contributed by atoms with Crippen LogP contribution in [0.3, 0.4) is 0 Å². The summed E-state index contributed by atoms with van der Waals surface area (Å²) in [7, 11) is 0. The molecule has 0 aromatic rings. The van der Waals surface area contributed by atoms with E-state index in [2.05, 4.69) is 5.32 Å². The summed E-state index contributed by atoms with van der Waals surface area (Å²) in [5, 5.41) is 21.1. The van der Waals surface area contributed by atoms with E-state index >= 15 is 0 Å². The lowest BCUT2D eigenvalue weighted by Gasteiger charge is -2.26. The van der Waals surface area contributed by atoms with Crippen molar-refractivity contribution in [3.8, 4) is 0 Å². The second-order valence-electron chi connectivity index (χ2n) is 4.54. The highest BCUT2D eigenvalue weighted by atomic mass is 16.4. The van der Waals surface area contributed by atoms with Crippen LogP contribution in [0.15, 0.2) is 0 Å². The van der Waals surface area contributed by atoms with Gasteiger partial charge in [-0.3, -0.25) is 4.79 Å². The lowest BCUT2D eigenvalue weighted by molar-refractivity contribution is -0.144. The third-order valence-corrected chi connectivity index (χ3v) is 3.07. The summed E-state index contributed by atoms with van der Waals surface area (Å²) >= 11 is 0. The molecule has 1 heterocycles. The molecule has 0 aromatic heterocycles. The Kier molecular flexibility index (Phi) is 3.50. The lowest BCUT2D eigenvalue weighted by atomic mass is 9.81. The monoisotopic (exact) mass is 201 g/mol. The average molecular weight is 201 g/mol. The van der Waals surface area contributed by atoms with Gasteiger partial charge >= 0.3 is 5.97 Å². The summed E-state index contributed by atoms with van der Waals surface area (Å²) in [4.78, 5) is 11.1. The summed E-state index contributed by atoms with van der Waals surface area (Å²) < 4.78 is 0. The first-order valence-electron chi connectivity index (χ1n) is 5.07. The van der Waals surface area contributed by atoms with Gasteiger partial charge in [-0.1, -0.05) is 0 Å². The first-order valence-corrected chi connectivity index (χ1v) is 5.07. The van der Waals surface area contributed by atoms with Crippen molar-refractivity contribution in [2.45, 2.75) is 32.2 Å². The van der Waals surface area contributed by atoms with Crippen LogP contribution in [0, 0.1) is 11.8 Å². The van der Waals surface area contributed by atoms with Crippen LogP contribution in [-0.4, -0.2) is 34.9 Å². The van der Waals surface area contributed by atoms with Gasteiger partial charge in [-0.05, 0) is 39.2 Å². The van der Waals surface area contributed by atoms with Crippen LogP contribution < -0.4 is 5.32 Å². The number of aliphatic hydroxyl groups excluding tert-OH is 1. The van der Waals surface area contributed by atoms with Crippen molar-refractivity contribution in [1.29, 1.82) is 0 Å². The predicted octanol–water partition coefficient (Wildman–Crippen LogP) is 0.458. The van der Waals surface area contributed by atoms with Gasteiger partial charge in [-0.2, -0.15) is 0 Å². The quantitative estimate of drug-likeness (QED) is 0.618. The Balaban J connectivity index is 2.64. The largest absolute Gasteiger partial charge is 0.481 e. The molecular formula is C10H19NO3. The van der Waals surface area contributed by atoms with Crippen molar-refractivity contribution in [2.75, 3.05) is 13.2 Å². The van der Waals surface area contributed by atoms with Gasteiger partial charge in [0, 0.05) is 12.1 Å². The molecule has 0 radical (unpaired) electrons. The normalized spacial score (nSPS) is 30.5. The third-order valence-electron chi connectivity index (χ3n) is 3.07. The van der Waals surface area contributed by atoms with E-state index in [1.165, 1.54) is 0 Å². The molecule has 14 heavy (non-hydrogen) atoms. The van der Waals surface area contributed by atoms with Crippen LogP contribution in [0.1, 0.15) is 26.7 Å². The fraction of sp³-hybridized carbons (Fsp3) is 0.900. The van der Waals surface area contributed by atoms with Crippen molar-refractivity contribution < 1.29 is 15.0 Å². The van der Waals surface area contributed by atoms with Crippen molar-refractivity contribution in [3.63, 3.8) is 0 Å². The first-order chi connectivity index (χ1) is 6.49. The highest BCUT2D eigenvalue weighted by molar-refractivity contribution is 5.72. The number of nitrogens with one attached hydrogen (secondary N) is 1. The number of rotatable bonds is 4. The first kappa shape index (κ1) is 11.5. The summed E-state index contributed by atoms with van der Waals surface area (Å²) in [6.45, 7) is 4.72. The molecule has 2 atom stereocenters. The van der Waals surface area contributed by atoms with Crippen LogP contribution in [0.2, 0.25) is 0 Å². The van der Waals surface area contributed by atoms with Crippen LogP contribution in [0.4, 0.5) is 0 Å². The van der Waals surface area contributed by atoms with Crippen LogP contribution in [0.25, 0.3) is 0 Å². The van der Waals surface area contributed by atoms with E-state index < -0.39 is 5.97 Å². The molecule has 1 saturated heterocycles. The maximum Gasteiger partial charge on any atom is 0.308 e. The SMILES string of the molecule is CC1(C)NCC(CCCO)[C@@H]1C(=O)O. The molecule has 4 heteroatoms. The van der Waals surface area contributed by atoms with E-state index in [9.17, 15) is 4.79 Å². The second kappa shape index (κ2) is 4.28. The summed E-state index contributed by atoms with van der Waals surface area (Å²) in [6.07, 6.45) is 1.47. The maximum absolute atomic E-state index is 11.1. The minimum absolute atomic E-state index is 0.142.